The van der Waals surface area contributed by atoms with E-state index in [1.165, 1.54) is 308 Å². The van der Waals surface area contributed by atoms with Crippen molar-refractivity contribution in [3.63, 3.8) is 0 Å². The molecule has 0 radical (unpaired) electrons. The number of aliphatic hydroxyl groups is 2. The van der Waals surface area contributed by atoms with Crippen LogP contribution in [-0.4, -0.2) is 47.4 Å². The first-order valence-electron chi connectivity index (χ1n) is 34.8. The summed E-state index contributed by atoms with van der Waals surface area (Å²) in [5.74, 6) is -0.0546. The van der Waals surface area contributed by atoms with E-state index in [2.05, 4.69) is 43.5 Å². The lowest BCUT2D eigenvalue weighted by atomic mass is 10.0. The minimum absolute atomic E-state index is 0.0103. The van der Waals surface area contributed by atoms with Gasteiger partial charge in [-0.25, -0.2) is 0 Å². The molecule has 0 rings (SSSR count). The van der Waals surface area contributed by atoms with Crippen molar-refractivity contribution in [2.24, 2.45) is 0 Å². The monoisotopic (exact) mass is 1080 g/mol. The van der Waals surface area contributed by atoms with Gasteiger partial charge in [0.1, 0.15) is 0 Å². The third-order valence-electron chi connectivity index (χ3n) is 16.1. The number of hydrogen-bond acceptors (Lipinski definition) is 5. The molecule has 0 spiro atoms. The molecule has 0 heterocycles. The molecule has 0 aliphatic rings. The molecule has 0 saturated heterocycles. The summed E-state index contributed by atoms with van der Waals surface area (Å²) >= 11 is 0. The molecule has 6 nitrogen and oxygen atoms in total. The first-order valence-corrected chi connectivity index (χ1v) is 34.8. The zero-order chi connectivity index (χ0) is 55.7. The van der Waals surface area contributed by atoms with Gasteiger partial charge in [0.25, 0.3) is 0 Å². The molecule has 77 heavy (non-hydrogen) atoms. The number of carbonyl (C=O) groups excluding carboxylic acids is 2. The first kappa shape index (κ1) is 75.1. The number of aliphatic hydroxyl groups excluding tert-OH is 2. The van der Waals surface area contributed by atoms with Crippen LogP contribution < -0.4 is 5.32 Å². The zero-order valence-electron chi connectivity index (χ0n) is 52.0. The Bertz CT molecular complexity index is 1250. The van der Waals surface area contributed by atoms with Gasteiger partial charge in [-0.05, 0) is 83.5 Å². The van der Waals surface area contributed by atoms with Crippen molar-refractivity contribution in [3.05, 3.63) is 36.5 Å². The summed E-state index contributed by atoms with van der Waals surface area (Å²) in [6.45, 7) is 4.92. The largest absolute Gasteiger partial charge is 0.466 e. The maximum atomic E-state index is 12.5. The predicted octanol–water partition coefficient (Wildman–Crippen LogP) is 22.3. The van der Waals surface area contributed by atoms with Crippen molar-refractivity contribution in [2.75, 3.05) is 13.2 Å². The Balaban J connectivity index is 3.36. The number of hydrogen-bond donors (Lipinski definition) is 3. The maximum absolute atomic E-state index is 12.5. The summed E-state index contributed by atoms with van der Waals surface area (Å²) in [6, 6.07) is -0.626. The predicted molar refractivity (Wildman–Crippen MR) is 338 cm³/mol. The number of carbonyl (C=O) groups is 2. The molecular weight excluding hydrogens is 947 g/mol. The molecule has 0 aromatic carbocycles. The fourth-order valence-electron chi connectivity index (χ4n) is 10.8. The Morgan fingerprint density at radius 2 is 0.610 bits per heavy atom. The van der Waals surface area contributed by atoms with Crippen LogP contribution in [0.2, 0.25) is 0 Å². The van der Waals surface area contributed by atoms with E-state index >= 15 is 0 Å². The van der Waals surface area contributed by atoms with Gasteiger partial charge in [-0.3, -0.25) is 9.59 Å². The number of amides is 1. The topological polar surface area (TPSA) is 95.9 Å². The normalized spacial score (nSPS) is 12.7. The number of rotatable bonds is 65. The number of esters is 1. The van der Waals surface area contributed by atoms with Crippen LogP contribution in [0.1, 0.15) is 380 Å². The average Bonchev–Trinajstić information content (AvgIpc) is 3.43. The summed E-state index contributed by atoms with van der Waals surface area (Å²) < 4.78 is 5.49. The number of nitrogens with one attached hydrogen (secondary N) is 1. The van der Waals surface area contributed by atoms with E-state index in [0.29, 0.717) is 19.4 Å². The van der Waals surface area contributed by atoms with Gasteiger partial charge in [0.05, 0.1) is 25.4 Å². The molecule has 0 aliphatic heterocycles. The summed E-state index contributed by atoms with van der Waals surface area (Å²) in [7, 11) is 0. The van der Waals surface area contributed by atoms with E-state index in [9.17, 15) is 19.8 Å². The summed E-state index contributed by atoms with van der Waals surface area (Å²) in [6.07, 6.45) is 85.1. The maximum Gasteiger partial charge on any atom is 0.305 e. The van der Waals surface area contributed by atoms with Crippen LogP contribution in [0.4, 0.5) is 0 Å². The van der Waals surface area contributed by atoms with Gasteiger partial charge in [-0.2, -0.15) is 0 Å². The van der Waals surface area contributed by atoms with Crippen LogP contribution in [-0.2, 0) is 14.3 Å². The SMILES string of the molecule is CCCCCCCCC/C=C\CCCCCCCC(=O)OCCCCCCCCCCCCCC/C=C\CCCCCCCCCCCCCCCCCC(=O)NC(CO)C(O)/C=C/CCCCCCCCCCCCC. The highest BCUT2D eigenvalue weighted by molar-refractivity contribution is 5.76. The van der Waals surface area contributed by atoms with E-state index in [1.54, 1.807) is 6.08 Å². The van der Waals surface area contributed by atoms with Crippen molar-refractivity contribution < 1.29 is 24.5 Å². The van der Waals surface area contributed by atoms with E-state index in [0.717, 1.165) is 44.9 Å². The number of allylic oxidation sites excluding steroid dienone is 5. The minimum Gasteiger partial charge on any atom is -0.466 e. The van der Waals surface area contributed by atoms with Crippen LogP contribution in [0.15, 0.2) is 36.5 Å². The van der Waals surface area contributed by atoms with Gasteiger partial charge in [-0.15, -0.1) is 0 Å². The number of ether oxygens (including phenoxy) is 1. The van der Waals surface area contributed by atoms with Crippen LogP contribution in [0.3, 0.4) is 0 Å². The Morgan fingerprint density at radius 1 is 0.351 bits per heavy atom. The quantitative estimate of drug-likeness (QED) is 0.0320. The highest BCUT2D eigenvalue weighted by Crippen LogP contribution is 2.18. The number of unbranched alkanes of at least 4 members (excludes halogenated alkanes) is 50. The molecule has 0 bridgehead atoms. The second-order valence-corrected chi connectivity index (χ2v) is 23.9. The summed E-state index contributed by atoms with van der Waals surface area (Å²) in [5, 5.41) is 23.1. The average molecular weight is 1080 g/mol. The molecule has 0 aromatic heterocycles. The van der Waals surface area contributed by atoms with Crippen LogP contribution in [0.25, 0.3) is 0 Å². The van der Waals surface area contributed by atoms with E-state index in [1.807, 2.05) is 6.08 Å². The minimum atomic E-state index is -0.842. The molecule has 2 unspecified atom stereocenters. The van der Waals surface area contributed by atoms with Crippen LogP contribution in [0.5, 0.6) is 0 Å². The zero-order valence-corrected chi connectivity index (χ0v) is 52.0. The summed E-state index contributed by atoms with van der Waals surface area (Å²) in [5.41, 5.74) is 0. The second-order valence-electron chi connectivity index (χ2n) is 23.9. The van der Waals surface area contributed by atoms with Gasteiger partial charge in [0, 0.05) is 12.8 Å². The standard InChI is InChI=1S/C71H135NO5/c1-3-5-7-9-11-13-15-17-18-37-41-45-49-53-57-61-65-71(76)77-66-62-58-54-50-46-42-38-35-33-31-29-27-25-23-21-19-20-22-24-26-28-30-32-34-36-40-44-48-52-56-60-64-70(75)72-68(67-73)69(74)63-59-55-51-47-43-39-16-14-12-10-8-6-4-2/h18,21,23,37,59,63,68-69,73-74H,3-17,19-20,22,24-36,38-58,60-62,64-67H2,1-2H3,(H,72,75)/b23-21-,37-18-,63-59+. The lowest BCUT2D eigenvalue weighted by Gasteiger charge is -2.20. The van der Waals surface area contributed by atoms with Crippen LogP contribution in [0, 0.1) is 0 Å². The third-order valence-corrected chi connectivity index (χ3v) is 16.1. The molecule has 1 amide bonds. The highest BCUT2D eigenvalue weighted by atomic mass is 16.5. The summed E-state index contributed by atoms with van der Waals surface area (Å²) in [4.78, 5) is 24.5. The Hall–Kier alpha value is -1.92. The van der Waals surface area contributed by atoms with Gasteiger partial charge in [0.2, 0.25) is 5.91 Å². The van der Waals surface area contributed by atoms with Crippen molar-refractivity contribution in [1.82, 2.24) is 5.32 Å². The van der Waals surface area contributed by atoms with Crippen molar-refractivity contribution in [3.8, 4) is 0 Å². The molecule has 454 valence electrons. The molecule has 2 atom stereocenters. The smallest absolute Gasteiger partial charge is 0.305 e. The highest BCUT2D eigenvalue weighted by Gasteiger charge is 2.18. The lowest BCUT2D eigenvalue weighted by Crippen LogP contribution is -2.45. The van der Waals surface area contributed by atoms with Gasteiger partial charge in [0.15, 0.2) is 0 Å². The van der Waals surface area contributed by atoms with E-state index in [-0.39, 0.29) is 18.5 Å². The van der Waals surface area contributed by atoms with E-state index < -0.39 is 12.1 Å². The van der Waals surface area contributed by atoms with Gasteiger partial charge < -0.3 is 20.3 Å². The molecule has 0 aromatic rings. The Kier molecular flexibility index (Phi) is 64.9. The second kappa shape index (κ2) is 66.6. The van der Waals surface area contributed by atoms with Crippen molar-refractivity contribution in [1.29, 1.82) is 0 Å². The van der Waals surface area contributed by atoms with Crippen molar-refractivity contribution >= 4 is 11.9 Å². The molecule has 6 heteroatoms. The first-order chi connectivity index (χ1) is 38.0. The van der Waals surface area contributed by atoms with Gasteiger partial charge >= 0.3 is 5.97 Å². The lowest BCUT2D eigenvalue weighted by molar-refractivity contribution is -0.143. The van der Waals surface area contributed by atoms with Crippen molar-refractivity contribution in [2.45, 2.75) is 392 Å². The fourth-order valence-corrected chi connectivity index (χ4v) is 10.8. The molecule has 3 N–H and O–H groups in total. The Labute approximate surface area is 481 Å². The molecule has 0 aliphatic carbocycles. The van der Waals surface area contributed by atoms with Crippen LogP contribution >= 0.6 is 0 Å². The molecule has 0 fully saturated rings. The fraction of sp³-hybridized carbons (Fsp3) is 0.887. The van der Waals surface area contributed by atoms with Gasteiger partial charge in [-0.1, -0.05) is 320 Å². The third kappa shape index (κ3) is 63.1. The van der Waals surface area contributed by atoms with E-state index in [4.69, 9.17) is 4.74 Å². The molecular formula is C71H135NO5. The molecule has 0 saturated carbocycles. The Morgan fingerprint density at radius 3 is 0.922 bits per heavy atom.